The van der Waals surface area contributed by atoms with E-state index in [0.717, 1.165) is 5.69 Å². The van der Waals surface area contributed by atoms with E-state index in [0.29, 0.717) is 17.4 Å². The van der Waals surface area contributed by atoms with Crippen LogP contribution in [0.3, 0.4) is 0 Å². The van der Waals surface area contributed by atoms with Gasteiger partial charge >= 0.3 is 0 Å². The zero-order chi connectivity index (χ0) is 11.8. The molecule has 2 aromatic rings. The monoisotopic (exact) mass is 229 g/mol. The molecule has 4 nitrogen and oxygen atoms in total. The lowest BCUT2D eigenvalue weighted by Gasteiger charge is -2.10. The van der Waals surface area contributed by atoms with E-state index in [4.69, 9.17) is 10.5 Å². The van der Waals surface area contributed by atoms with Crippen LogP contribution in [0.5, 0.6) is 5.75 Å². The van der Waals surface area contributed by atoms with Crippen LogP contribution in [0.2, 0.25) is 0 Å². The molecule has 0 amide bonds. The Hall–Kier alpha value is -1.97. The number of nitrogen functional groups attached to an aromatic ring is 1. The highest BCUT2D eigenvalue weighted by molar-refractivity contribution is 5.58. The summed E-state index contributed by atoms with van der Waals surface area (Å²) < 4.78 is 7.26. The molecule has 0 radical (unpaired) electrons. The van der Waals surface area contributed by atoms with E-state index in [1.807, 2.05) is 30.7 Å². The van der Waals surface area contributed by atoms with E-state index in [2.05, 4.69) is 9.55 Å². The van der Waals surface area contributed by atoms with Crippen LogP contribution in [-0.2, 0) is 0 Å². The molecule has 1 fully saturated rings. The van der Waals surface area contributed by atoms with Gasteiger partial charge in [-0.1, -0.05) is 0 Å². The number of imidazole rings is 1. The Kier molecular flexibility index (Phi) is 2.28. The normalized spacial score (nSPS) is 14.9. The molecule has 88 valence electrons. The predicted molar refractivity (Wildman–Crippen MR) is 66.5 cm³/mol. The fourth-order valence-electron chi connectivity index (χ4n) is 2.07. The van der Waals surface area contributed by atoms with Crippen LogP contribution in [0.15, 0.2) is 30.7 Å². The Morgan fingerprint density at radius 2 is 2.24 bits per heavy atom. The number of benzene rings is 1. The van der Waals surface area contributed by atoms with Gasteiger partial charge in [0.05, 0.1) is 19.1 Å². The number of methoxy groups -OCH3 is 1. The van der Waals surface area contributed by atoms with Crippen LogP contribution in [0.25, 0.3) is 5.69 Å². The maximum Gasteiger partial charge on any atom is 0.141 e. The van der Waals surface area contributed by atoms with Gasteiger partial charge in [0.2, 0.25) is 0 Å². The first-order valence-corrected chi connectivity index (χ1v) is 5.75. The van der Waals surface area contributed by atoms with Crippen LogP contribution in [0.4, 0.5) is 5.69 Å². The molecule has 1 aromatic carbocycles. The number of ether oxygens (including phenoxy) is 1. The molecule has 0 saturated heterocycles. The van der Waals surface area contributed by atoms with Crippen LogP contribution >= 0.6 is 0 Å². The number of nitrogens with zero attached hydrogens (tertiary/aromatic N) is 2. The van der Waals surface area contributed by atoms with Gasteiger partial charge in [-0.3, -0.25) is 0 Å². The highest BCUT2D eigenvalue weighted by Crippen LogP contribution is 2.40. The van der Waals surface area contributed by atoms with Crippen LogP contribution in [0.1, 0.15) is 24.5 Å². The topological polar surface area (TPSA) is 53.1 Å². The Bertz CT molecular complexity index is 543. The first-order valence-electron chi connectivity index (χ1n) is 5.75. The fraction of sp³-hybridized carbons (Fsp3) is 0.308. The molecule has 0 atom stereocenters. The van der Waals surface area contributed by atoms with E-state index in [-0.39, 0.29) is 0 Å². The first-order chi connectivity index (χ1) is 8.29. The van der Waals surface area contributed by atoms with Gasteiger partial charge < -0.3 is 15.0 Å². The molecule has 1 saturated carbocycles. The highest BCUT2D eigenvalue weighted by atomic mass is 16.5. The molecule has 0 aliphatic heterocycles. The van der Waals surface area contributed by atoms with Crippen molar-refractivity contribution in [2.45, 2.75) is 18.8 Å². The second kappa shape index (κ2) is 3.80. The first kappa shape index (κ1) is 10.2. The van der Waals surface area contributed by atoms with E-state index in [1.165, 1.54) is 18.5 Å². The minimum absolute atomic E-state index is 0.653. The Balaban J connectivity index is 2.02. The number of anilines is 1. The van der Waals surface area contributed by atoms with Crippen LogP contribution in [-0.4, -0.2) is 16.7 Å². The van der Waals surface area contributed by atoms with Gasteiger partial charge in [-0.15, -0.1) is 0 Å². The smallest absolute Gasteiger partial charge is 0.141 e. The van der Waals surface area contributed by atoms with Crippen molar-refractivity contribution in [2.75, 3.05) is 12.8 Å². The molecule has 1 heterocycles. The van der Waals surface area contributed by atoms with E-state index in [1.54, 1.807) is 7.11 Å². The van der Waals surface area contributed by atoms with Crippen molar-refractivity contribution < 1.29 is 4.74 Å². The predicted octanol–water partition coefficient (Wildman–Crippen LogP) is 2.34. The Morgan fingerprint density at radius 1 is 1.41 bits per heavy atom. The van der Waals surface area contributed by atoms with Gasteiger partial charge in [0.15, 0.2) is 0 Å². The molecule has 1 aromatic heterocycles. The fourth-order valence-corrected chi connectivity index (χ4v) is 2.07. The third-order valence-corrected chi connectivity index (χ3v) is 3.15. The van der Waals surface area contributed by atoms with Crippen LogP contribution < -0.4 is 10.5 Å². The molecule has 3 rings (SSSR count). The van der Waals surface area contributed by atoms with Crippen molar-refractivity contribution in [1.82, 2.24) is 9.55 Å². The molecule has 2 N–H and O–H groups in total. The second-order valence-electron chi connectivity index (χ2n) is 4.39. The zero-order valence-electron chi connectivity index (χ0n) is 9.76. The maximum atomic E-state index is 5.92. The third-order valence-electron chi connectivity index (χ3n) is 3.15. The van der Waals surface area contributed by atoms with Crippen molar-refractivity contribution >= 4 is 5.69 Å². The average molecular weight is 229 g/mol. The van der Waals surface area contributed by atoms with Gasteiger partial charge in [0.1, 0.15) is 5.75 Å². The van der Waals surface area contributed by atoms with Gasteiger partial charge in [-0.05, 0) is 31.0 Å². The standard InChI is InChI=1S/C13H15N3O/c1-17-13-5-4-10(6-11(13)14)16-8-15-7-12(16)9-2-3-9/h4-9H,2-3,14H2,1H3. The molecule has 0 unspecified atom stereocenters. The van der Waals surface area contributed by atoms with Crippen molar-refractivity contribution in [2.24, 2.45) is 0 Å². The Morgan fingerprint density at radius 3 is 2.88 bits per heavy atom. The zero-order valence-corrected chi connectivity index (χ0v) is 9.76. The van der Waals surface area contributed by atoms with E-state index in [9.17, 15) is 0 Å². The maximum absolute atomic E-state index is 5.92. The molecular formula is C13H15N3O. The summed E-state index contributed by atoms with van der Waals surface area (Å²) in [5.74, 6) is 1.38. The van der Waals surface area contributed by atoms with Gasteiger partial charge in [-0.2, -0.15) is 0 Å². The number of aromatic nitrogens is 2. The third kappa shape index (κ3) is 1.75. The summed E-state index contributed by atoms with van der Waals surface area (Å²) in [7, 11) is 1.62. The number of nitrogens with two attached hydrogens (primary N) is 1. The summed E-state index contributed by atoms with van der Waals surface area (Å²) in [5.41, 5.74) is 8.89. The van der Waals surface area contributed by atoms with E-state index >= 15 is 0 Å². The highest BCUT2D eigenvalue weighted by Gasteiger charge is 2.27. The molecule has 1 aliphatic carbocycles. The average Bonchev–Trinajstić information content (AvgIpc) is 3.07. The van der Waals surface area contributed by atoms with Crippen molar-refractivity contribution in [3.8, 4) is 11.4 Å². The number of rotatable bonds is 3. The number of hydrogen-bond acceptors (Lipinski definition) is 3. The van der Waals surface area contributed by atoms with Gasteiger partial charge in [-0.25, -0.2) is 4.98 Å². The molecule has 17 heavy (non-hydrogen) atoms. The minimum Gasteiger partial charge on any atom is -0.495 e. The summed E-state index contributed by atoms with van der Waals surface area (Å²) in [6.45, 7) is 0. The van der Waals surface area contributed by atoms with Gasteiger partial charge in [0, 0.05) is 23.5 Å². The molecule has 4 heteroatoms. The largest absolute Gasteiger partial charge is 0.495 e. The lowest BCUT2D eigenvalue weighted by Crippen LogP contribution is -2.00. The second-order valence-corrected chi connectivity index (χ2v) is 4.39. The SMILES string of the molecule is COc1ccc(-n2cncc2C2CC2)cc1N. The van der Waals surface area contributed by atoms with Crippen molar-refractivity contribution in [1.29, 1.82) is 0 Å². The Labute approximate surface area is 100 Å². The van der Waals surface area contributed by atoms with E-state index < -0.39 is 0 Å². The molecule has 0 bridgehead atoms. The summed E-state index contributed by atoms with van der Waals surface area (Å²) in [6.07, 6.45) is 6.31. The lowest BCUT2D eigenvalue weighted by atomic mass is 10.2. The number of hydrogen-bond donors (Lipinski definition) is 1. The van der Waals surface area contributed by atoms with Gasteiger partial charge in [0.25, 0.3) is 0 Å². The van der Waals surface area contributed by atoms with Crippen molar-refractivity contribution in [3.05, 3.63) is 36.4 Å². The summed E-state index contributed by atoms with van der Waals surface area (Å²) in [6, 6.07) is 5.82. The van der Waals surface area contributed by atoms with Crippen LogP contribution in [0, 0.1) is 0 Å². The summed E-state index contributed by atoms with van der Waals surface area (Å²) in [4.78, 5) is 4.22. The minimum atomic E-state index is 0.653. The molecule has 0 spiro atoms. The molecular weight excluding hydrogens is 214 g/mol. The molecule has 1 aliphatic rings. The quantitative estimate of drug-likeness (QED) is 0.822. The summed E-state index contributed by atoms with van der Waals surface area (Å²) >= 11 is 0. The lowest BCUT2D eigenvalue weighted by molar-refractivity contribution is 0.417. The van der Waals surface area contributed by atoms with Crippen molar-refractivity contribution in [3.63, 3.8) is 0 Å². The summed E-state index contributed by atoms with van der Waals surface area (Å²) in [5, 5.41) is 0.